The zero-order valence-electron chi connectivity index (χ0n) is 17.6. The van der Waals surface area contributed by atoms with Gasteiger partial charge < -0.3 is 5.11 Å². The summed E-state index contributed by atoms with van der Waals surface area (Å²) >= 11 is 0. The van der Waals surface area contributed by atoms with Crippen LogP contribution in [0.5, 0.6) is 0 Å². The Hall–Kier alpha value is -1.39. The molecule has 0 aromatic carbocycles. The van der Waals surface area contributed by atoms with Crippen molar-refractivity contribution in [3.63, 3.8) is 0 Å². The van der Waals surface area contributed by atoms with Crippen LogP contribution in [-0.2, 0) is 14.4 Å². The van der Waals surface area contributed by atoms with Crippen molar-refractivity contribution in [3.05, 3.63) is 0 Å². The summed E-state index contributed by atoms with van der Waals surface area (Å²) < 4.78 is 0. The highest BCUT2D eigenvalue weighted by molar-refractivity contribution is 5.97. The van der Waals surface area contributed by atoms with Gasteiger partial charge in [0.05, 0.1) is 0 Å². The van der Waals surface area contributed by atoms with Crippen LogP contribution in [-0.4, -0.2) is 34.3 Å². The molecule has 0 saturated carbocycles. The molecule has 5 nitrogen and oxygen atoms in total. The molecule has 0 aromatic rings. The summed E-state index contributed by atoms with van der Waals surface area (Å²) in [7, 11) is 0. The van der Waals surface area contributed by atoms with Crippen LogP contribution >= 0.6 is 0 Å². The van der Waals surface area contributed by atoms with Gasteiger partial charge in [0, 0.05) is 12.8 Å². The quantitative estimate of drug-likeness (QED) is 0.308. The van der Waals surface area contributed by atoms with Crippen LogP contribution in [0.1, 0.15) is 117 Å². The van der Waals surface area contributed by atoms with E-state index in [1.807, 2.05) is 0 Å². The molecule has 2 amide bonds. The average molecular weight is 384 g/mol. The van der Waals surface area contributed by atoms with Crippen LogP contribution in [0.3, 0.4) is 0 Å². The van der Waals surface area contributed by atoms with E-state index in [9.17, 15) is 14.4 Å². The van der Waals surface area contributed by atoms with Crippen molar-refractivity contribution in [2.75, 3.05) is 6.54 Å². The number of carboxylic acids is 1. The van der Waals surface area contributed by atoms with E-state index in [2.05, 4.69) is 13.8 Å². The first-order valence-electron chi connectivity index (χ1n) is 11.1. The molecule has 0 aliphatic carbocycles. The summed E-state index contributed by atoms with van der Waals surface area (Å²) in [5, 5.41) is 9.02. The molecule has 0 unspecified atom stereocenters. The van der Waals surface area contributed by atoms with Gasteiger partial charge in [0.25, 0.3) is 0 Å². The Labute approximate surface area is 165 Å². The highest BCUT2D eigenvalue weighted by atomic mass is 16.4. The Bertz CT molecular complexity index is 379. The van der Waals surface area contributed by atoms with Crippen LogP contribution in [0.15, 0.2) is 0 Å². The van der Waals surface area contributed by atoms with Gasteiger partial charge in [0.2, 0.25) is 11.8 Å². The molecule has 0 spiro atoms. The maximum atomic E-state index is 12.3. The predicted molar refractivity (Wildman–Crippen MR) is 110 cm³/mol. The van der Waals surface area contributed by atoms with Gasteiger partial charge in [-0.1, -0.05) is 90.9 Å². The number of carboxylic acid groups (broad SMARTS) is 1. The van der Waals surface area contributed by atoms with E-state index >= 15 is 0 Å². The van der Waals surface area contributed by atoms with Crippen molar-refractivity contribution in [3.8, 4) is 0 Å². The Morgan fingerprint density at radius 3 is 1.26 bits per heavy atom. The summed E-state index contributed by atoms with van der Waals surface area (Å²) in [4.78, 5) is 36.6. The van der Waals surface area contributed by atoms with E-state index in [4.69, 9.17) is 5.11 Å². The summed E-state index contributed by atoms with van der Waals surface area (Å²) in [5.41, 5.74) is 0. The van der Waals surface area contributed by atoms with Crippen molar-refractivity contribution in [1.29, 1.82) is 0 Å². The standard InChI is InChI=1S/C22H41NO4/c1-3-5-7-9-11-13-15-17-20(24)23(19-22(26)27)21(25)18-16-14-12-10-8-6-4-2/h3-19H2,1-2H3,(H,26,27). The number of nitrogens with zero attached hydrogens (tertiary/aromatic N) is 1. The average Bonchev–Trinajstić information content (AvgIpc) is 2.64. The van der Waals surface area contributed by atoms with Crippen molar-refractivity contribution < 1.29 is 19.5 Å². The van der Waals surface area contributed by atoms with Crippen LogP contribution in [0.2, 0.25) is 0 Å². The lowest BCUT2D eigenvalue weighted by molar-refractivity contribution is -0.152. The molecule has 0 aromatic heterocycles. The maximum Gasteiger partial charge on any atom is 0.323 e. The number of hydrogen-bond acceptors (Lipinski definition) is 3. The second kappa shape index (κ2) is 18.0. The summed E-state index contributed by atoms with van der Waals surface area (Å²) in [6.07, 6.45) is 15.8. The molecule has 1 N–H and O–H groups in total. The van der Waals surface area contributed by atoms with Gasteiger partial charge in [-0.3, -0.25) is 19.3 Å². The number of aliphatic carboxylic acids is 1. The maximum absolute atomic E-state index is 12.3. The number of rotatable bonds is 18. The number of carbonyl (C=O) groups is 3. The van der Waals surface area contributed by atoms with Crippen molar-refractivity contribution in [1.82, 2.24) is 4.90 Å². The third-order valence-corrected chi connectivity index (χ3v) is 4.88. The molecule has 158 valence electrons. The monoisotopic (exact) mass is 383 g/mol. The number of unbranched alkanes of at least 4 members (excludes halogenated alkanes) is 12. The normalized spacial score (nSPS) is 10.7. The Morgan fingerprint density at radius 2 is 0.926 bits per heavy atom. The summed E-state index contributed by atoms with van der Waals surface area (Å²) in [6, 6.07) is 0. The second-order valence-electron chi connectivity index (χ2n) is 7.51. The van der Waals surface area contributed by atoms with E-state index in [1.165, 1.54) is 51.4 Å². The molecule has 0 atom stereocenters. The van der Waals surface area contributed by atoms with Gasteiger partial charge >= 0.3 is 5.97 Å². The van der Waals surface area contributed by atoms with Gasteiger partial charge in [-0.15, -0.1) is 0 Å². The minimum Gasteiger partial charge on any atom is -0.480 e. The van der Waals surface area contributed by atoms with Crippen molar-refractivity contribution in [2.45, 2.75) is 117 Å². The van der Waals surface area contributed by atoms with Crippen molar-refractivity contribution >= 4 is 17.8 Å². The lowest BCUT2D eigenvalue weighted by atomic mass is 10.1. The molecule has 0 aliphatic heterocycles. The minimum atomic E-state index is -1.13. The van der Waals surface area contributed by atoms with E-state index in [0.29, 0.717) is 0 Å². The highest BCUT2D eigenvalue weighted by Gasteiger charge is 2.22. The topological polar surface area (TPSA) is 74.7 Å². The lowest BCUT2D eigenvalue weighted by Gasteiger charge is -2.19. The second-order valence-corrected chi connectivity index (χ2v) is 7.51. The molecule has 0 aliphatic rings. The highest BCUT2D eigenvalue weighted by Crippen LogP contribution is 2.12. The summed E-state index contributed by atoms with van der Waals surface area (Å²) in [6.45, 7) is 3.85. The molecular formula is C22H41NO4. The molecule has 5 heteroatoms. The van der Waals surface area contributed by atoms with E-state index in [1.54, 1.807) is 0 Å². The lowest BCUT2D eigenvalue weighted by Crippen LogP contribution is -2.40. The molecule has 27 heavy (non-hydrogen) atoms. The zero-order valence-corrected chi connectivity index (χ0v) is 17.6. The molecule has 0 heterocycles. The first kappa shape index (κ1) is 25.6. The Kier molecular flexibility index (Phi) is 17.1. The molecule has 0 saturated heterocycles. The third-order valence-electron chi connectivity index (χ3n) is 4.88. The number of carbonyl (C=O) groups excluding carboxylic acids is 2. The Morgan fingerprint density at radius 1 is 0.593 bits per heavy atom. The van der Waals surface area contributed by atoms with Crippen LogP contribution < -0.4 is 0 Å². The first-order valence-corrected chi connectivity index (χ1v) is 11.1. The number of imide groups is 1. The van der Waals surface area contributed by atoms with Gasteiger partial charge in [-0.25, -0.2) is 0 Å². The fraction of sp³-hybridized carbons (Fsp3) is 0.864. The van der Waals surface area contributed by atoms with Crippen LogP contribution in [0.25, 0.3) is 0 Å². The van der Waals surface area contributed by atoms with Crippen LogP contribution in [0.4, 0.5) is 0 Å². The van der Waals surface area contributed by atoms with Gasteiger partial charge in [0.15, 0.2) is 0 Å². The predicted octanol–water partition coefficient (Wildman–Crippen LogP) is 5.71. The summed E-state index contributed by atoms with van der Waals surface area (Å²) in [5.74, 6) is -1.80. The molecule has 0 bridgehead atoms. The van der Waals surface area contributed by atoms with Crippen LogP contribution in [0, 0.1) is 0 Å². The van der Waals surface area contributed by atoms with E-state index < -0.39 is 12.5 Å². The fourth-order valence-electron chi connectivity index (χ4n) is 3.19. The molecular weight excluding hydrogens is 342 g/mol. The molecule has 0 radical (unpaired) electrons. The third kappa shape index (κ3) is 15.4. The fourth-order valence-corrected chi connectivity index (χ4v) is 3.19. The molecule has 0 fully saturated rings. The van der Waals surface area contributed by atoms with Gasteiger partial charge in [-0.05, 0) is 12.8 Å². The largest absolute Gasteiger partial charge is 0.480 e. The number of amides is 2. The van der Waals surface area contributed by atoms with E-state index in [-0.39, 0.29) is 24.7 Å². The van der Waals surface area contributed by atoms with Gasteiger partial charge in [-0.2, -0.15) is 0 Å². The first-order chi connectivity index (χ1) is 13.0. The van der Waals surface area contributed by atoms with E-state index in [0.717, 1.165) is 43.4 Å². The Balaban J connectivity index is 4.09. The molecule has 0 rings (SSSR count). The minimum absolute atomic E-state index is 0.268. The number of hydrogen-bond donors (Lipinski definition) is 1. The zero-order chi connectivity index (χ0) is 20.3. The van der Waals surface area contributed by atoms with Crippen molar-refractivity contribution in [2.24, 2.45) is 0 Å². The smallest absolute Gasteiger partial charge is 0.323 e. The SMILES string of the molecule is CCCCCCCCCC(=O)N(CC(=O)O)C(=O)CCCCCCCCC. The van der Waals surface area contributed by atoms with Gasteiger partial charge in [0.1, 0.15) is 6.54 Å².